The summed E-state index contributed by atoms with van der Waals surface area (Å²) in [6.45, 7) is 5.98. The van der Waals surface area contributed by atoms with Gasteiger partial charge in [-0.1, -0.05) is 6.07 Å². The van der Waals surface area contributed by atoms with E-state index in [2.05, 4.69) is 4.90 Å². The van der Waals surface area contributed by atoms with Crippen LogP contribution in [0.2, 0.25) is 0 Å². The van der Waals surface area contributed by atoms with Crippen molar-refractivity contribution in [3.8, 4) is 11.5 Å². The molecule has 4 rings (SSSR count). The topological polar surface area (TPSA) is 88.5 Å². The maximum Gasteiger partial charge on any atom is 0.290 e. The van der Waals surface area contributed by atoms with Gasteiger partial charge in [-0.05, 0) is 31.0 Å². The standard InChI is InChI=1S/C20H24N2O6/c1-13(23)17-18(14-3-4-15-16(11-14)28-12-27-15)22(20(25)19(17)24)6-2-5-21-7-9-26-10-8-21/h3-4,11,18,24H,2,5-10,12H2,1H3/t18-/m0/s1. The van der Waals surface area contributed by atoms with Crippen molar-refractivity contribution < 1.29 is 28.9 Å². The molecule has 3 aliphatic rings. The van der Waals surface area contributed by atoms with E-state index in [1.54, 1.807) is 17.0 Å². The number of ether oxygens (including phenoxy) is 3. The predicted octanol–water partition coefficient (Wildman–Crippen LogP) is 1.42. The van der Waals surface area contributed by atoms with Crippen LogP contribution in [0.1, 0.15) is 24.9 Å². The Morgan fingerprint density at radius 2 is 1.93 bits per heavy atom. The summed E-state index contributed by atoms with van der Waals surface area (Å²) >= 11 is 0. The smallest absolute Gasteiger partial charge is 0.290 e. The number of hydrogen-bond acceptors (Lipinski definition) is 7. The summed E-state index contributed by atoms with van der Waals surface area (Å²) in [5, 5.41) is 10.4. The van der Waals surface area contributed by atoms with Gasteiger partial charge in [0.25, 0.3) is 5.91 Å². The number of aliphatic hydroxyl groups excluding tert-OH is 1. The highest BCUT2D eigenvalue weighted by atomic mass is 16.7. The predicted molar refractivity (Wildman–Crippen MR) is 99.2 cm³/mol. The maximum absolute atomic E-state index is 12.7. The zero-order chi connectivity index (χ0) is 19.7. The molecule has 3 aliphatic heterocycles. The van der Waals surface area contributed by atoms with Gasteiger partial charge in [0.15, 0.2) is 23.0 Å². The minimum absolute atomic E-state index is 0.134. The molecule has 8 nitrogen and oxygen atoms in total. The zero-order valence-corrected chi connectivity index (χ0v) is 15.8. The summed E-state index contributed by atoms with van der Waals surface area (Å²) < 4.78 is 16.1. The van der Waals surface area contributed by atoms with Gasteiger partial charge in [0, 0.05) is 26.2 Å². The Bertz CT molecular complexity index is 815. The molecule has 1 atom stereocenters. The van der Waals surface area contributed by atoms with E-state index in [0.29, 0.717) is 18.0 Å². The van der Waals surface area contributed by atoms with Crippen molar-refractivity contribution >= 4 is 11.7 Å². The molecule has 0 bridgehead atoms. The Morgan fingerprint density at radius 1 is 1.18 bits per heavy atom. The van der Waals surface area contributed by atoms with Gasteiger partial charge in [-0.2, -0.15) is 0 Å². The van der Waals surface area contributed by atoms with E-state index in [0.717, 1.165) is 44.8 Å². The Kier molecular flexibility index (Phi) is 5.23. The molecule has 0 unspecified atom stereocenters. The zero-order valence-electron chi connectivity index (χ0n) is 15.8. The van der Waals surface area contributed by atoms with Crippen LogP contribution in [-0.4, -0.2) is 72.8 Å². The molecule has 0 spiro atoms. The van der Waals surface area contributed by atoms with Crippen LogP contribution in [0.3, 0.4) is 0 Å². The first-order valence-electron chi connectivity index (χ1n) is 9.51. The summed E-state index contributed by atoms with van der Waals surface area (Å²) in [6.07, 6.45) is 0.741. The number of rotatable bonds is 6. The van der Waals surface area contributed by atoms with Crippen molar-refractivity contribution in [3.05, 3.63) is 35.1 Å². The van der Waals surface area contributed by atoms with Gasteiger partial charge in [-0.3, -0.25) is 14.5 Å². The van der Waals surface area contributed by atoms with Gasteiger partial charge in [-0.15, -0.1) is 0 Å². The molecule has 0 aromatic heterocycles. The molecule has 1 aromatic rings. The van der Waals surface area contributed by atoms with Crippen LogP contribution in [-0.2, 0) is 14.3 Å². The Labute approximate surface area is 163 Å². The number of morpholine rings is 1. The molecule has 3 heterocycles. The molecule has 1 fully saturated rings. The highest BCUT2D eigenvalue weighted by Crippen LogP contribution is 2.41. The number of hydrogen-bond donors (Lipinski definition) is 1. The van der Waals surface area contributed by atoms with Crippen LogP contribution in [0, 0.1) is 0 Å². The van der Waals surface area contributed by atoms with Crippen LogP contribution >= 0.6 is 0 Å². The molecule has 1 N–H and O–H groups in total. The van der Waals surface area contributed by atoms with Gasteiger partial charge in [0.1, 0.15) is 0 Å². The van der Waals surface area contributed by atoms with Crippen LogP contribution in [0.15, 0.2) is 29.5 Å². The SMILES string of the molecule is CC(=O)C1=C(O)C(=O)N(CCCN2CCOCC2)[C@H]1c1ccc2c(c1)OCO2. The summed E-state index contributed by atoms with van der Waals surface area (Å²) in [4.78, 5) is 28.8. The fraction of sp³-hybridized carbons (Fsp3) is 0.500. The van der Waals surface area contributed by atoms with E-state index in [-0.39, 0.29) is 18.1 Å². The average molecular weight is 388 g/mol. The number of amides is 1. The molecular weight excluding hydrogens is 364 g/mol. The quantitative estimate of drug-likeness (QED) is 0.788. The molecule has 8 heteroatoms. The molecule has 0 aliphatic carbocycles. The first kappa shape index (κ1) is 18.8. The Balaban J connectivity index is 1.55. The van der Waals surface area contributed by atoms with Crippen molar-refractivity contribution in [1.82, 2.24) is 9.80 Å². The summed E-state index contributed by atoms with van der Waals surface area (Å²) in [5.74, 6) is -0.0717. The van der Waals surface area contributed by atoms with Gasteiger partial charge in [0.05, 0.1) is 24.8 Å². The largest absolute Gasteiger partial charge is 0.503 e. The van der Waals surface area contributed by atoms with Crippen molar-refractivity contribution in [3.63, 3.8) is 0 Å². The minimum Gasteiger partial charge on any atom is -0.503 e. The van der Waals surface area contributed by atoms with Gasteiger partial charge in [-0.25, -0.2) is 0 Å². The van der Waals surface area contributed by atoms with Crippen molar-refractivity contribution in [1.29, 1.82) is 0 Å². The van der Waals surface area contributed by atoms with Crippen LogP contribution in [0.5, 0.6) is 11.5 Å². The second-order valence-electron chi connectivity index (χ2n) is 7.14. The Hall–Kier alpha value is -2.58. The molecule has 1 saturated heterocycles. The molecular formula is C20H24N2O6. The van der Waals surface area contributed by atoms with E-state index in [1.807, 2.05) is 6.07 Å². The molecule has 0 radical (unpaired) electrons. The Morgan fingerprint density at radius 3 is 2.68 bits per heavy atom. The molecule has 28 heavy (non-hydrogen) atoms. The number of carbonyl (C=O) groups is 2. The summed E-state index contributed by atoms with van der Waals surface area (Å²) in [6, 6.07) is 4.73. The van der Waals surface area contributed by atoms with E-state index < -0.39 is 17.7 Å². The second kappa shape index (κ2) is 7.81. The minimum atomic E-state index is -0.621. The van der Waals surface area contributed by atoms with Crippen LogP contribution in [0.25, 0.3) is 0 Å². The van der Waals surface area contributed by atoms with Crippen molar-refractivity contribution in [2.24, 2.45) is 0 Å². The van der Waals surface area contributed by atoms with Crippen molar-refractivity contribution in [2.45, 2.75) is 19.4 Å². The highest BCUT2D eigenvalue weighted by Gasteiger charge is 2.42. The number of fused-ring (bicyclic) bond motifs is 1. The van der Waals surface area contributed by atoms with E-state index in [1.165, 1.54) is 6.92 Å². The highest BCUT2D eigenvalue weighted by molar-refractivity contribution is 6.08. The number of carbonyl (C=O) groups excluding carboxylic acids is 2. The lowest BCUT2D eigenvalue weighted by Gasteiger charge is -2.30. The van der Waals surface area contributed by atoms with E-state index in [9.17, 15) is 14.7 Å². The number of Topliss-reactive ketones (excluding diaryl/α,β-unsaturated/α-hetero) is 1. The summed E-state index contributed by atoms with van der Waals surface area (Å²) in [7, 11) is 0. The second-order valence-corrected chi connectivity index (χ2v) is 7.14. The fourth-order valence-corrected chi connectivity index (χ4v) is 3.96. The first-order valence-corrected chi connectivity index (χ1v) is 9.51. The van der Waals surface area contributed by atoms with Crippen LogP contribution in [0.4, 0.5) is 0 Å². The lowest BCUT2D eigenvalue weighted by atomic mass is 9.96. The molecule has 1 aromatic carbocycles. The normalized spacial score (nSPS) is 22.2. The third-order valence-electron chi connectivity index (χ3n) is 5.37. The summed E-state index contributed by atoms with van der Waals surface area (Å²) in [5.41, 5.74) is 0.855. The number of ketones is 1. The first-order chi connectivity index (χ1) is 13.6. The third-order valence-corrected chi connectivity index (χ3v) is 5.37. The van der Waals surface area contributed by atoms with Gasteiger partial charge >= 0.3 is 0 Å². The lowest BCUT2D eigenvalue weighted by molar-refractivity contribution is -0.129. The van der Waals surface area contributed by atoms with Crippen molar-refractivity contribution in [2.75, 3.05) is 46.2 Å². The monoisotopic (exact) mass is 388 g/mol. The van der Waals surface area contributed by atoms with Gasteiger partial charge in [0.2, 0.25) is 6.79 Å². The molecule has 0 saturated carbocycles. The lowest BCUT2D eigenvalue weighted by Crippen LogP contribution is -2.39. The van der Waals surface area contributed by atoms with E-state index >= 15 is 0 Å². The number of nitrogens with zero attached hydrogens (tertiary/aromatic N) is 2. The van der Waals surface area contributed by atoms with Crippen LogP contribution < -0.4 is 9.47 Å². The number of benzene rings is 1. The maximum atomic E-state index is 12.7. The number of aliphatic hydroxyl groups is 1. The molecule has 1 amide bonds. The van der Waals surface area contributed by atoms with E-state index in [4.69, 9.17) is 14.2 Å². The molecule has 150 valence electrons. The fourth-order valence-electron chi connectivity index (χ4n) is 3.96. The average Bonchev–Trinajstić information content (AvgIpc) is 3.26. The third kappa shape index (κ3) is 3.45. The van der Waals surface area contributed by atoms with Gasteiger partial charge < -0.3 is 24.2 Å².